The minimum Gasteiger partial charge on any atom is -0.467 e. The van der Waals surface area contributed by atoms with E-state index in [1.54, 1.807) is 7.11 Å². The fourth-order valence-electron chi connectivity index (χ4n) is 2.21. The second kappa shape index (κ2) is 7.42. The highest BCUT2D eigenvalue weighted by molar-refractivity contribution is 5.84. The zero-order valence-corrected chi connectivity index (χ0v) is 11.4. The lowest BCUT2D eigenvalue weighted by atomic mass is 9.78. The molecule has 0 aromatic rings. The smallest absolute Gasteiger partial charge is 0.336 e. The summed E-state index contributed by atoms with van der Waals surface area (Å²) < 4.78 is 9.53. The first-order chi connectivity index (χ1) is 9.05. The Bertz CT molecular complexity index is 310. The lowest BCUT2D eigenvalue weighted by molar-refractivity contribution is -0.150. The van der Waals surface area contributed by atoms with Crippen LogP contribution in [0.5, 0.6) is 0 Å². The first kappa shape index (κ1) is 15.9. The third-order valence-electron chi connectivity index (χ3n) is 3.39. The van der Waals surface area contributed by atoms with Crippen LogP contribution in [0, 0.1) is 5.41 Å². The highest BCUT2D eigenvalue weighted by atomic mass is 16.5. The average molecular weight is 274 g/mol. The molecule has 0 spiro atoms. The number of hydrogen-bond acceptors (Lipinski definition) is 6. The quantitative estimate of drug-likeness (QED) is 0.518. The molecule has 7 heteroatoms. The Labute approximate surface area is 112 Å². The molecule has 1 unspecified atom stereocenters. The number of carbonyl (C=O) groups excluding carboxylic acids is 2. The second-order valence-electron chi connectivity index (χ2n) is 4.71. The Morgan fingerprint density at radius 3 is 2.53 bits per heavy atom. The molecule has 0 aromatic heterocycles. The number of methoxy groups -OCH3 is 2. The Balaban J connectivity index is 2.55. The van der Waals surface area contributed by atoms with Crippen LogP contribution in [0.15, 0.2) is 0 Å². The van der Waals surface area contributed by atoms with E-state index in [9.17, 15) is 14.7 Å². The van der Waals surface area contributed by atoms with Gasteiger partial charge in [-0.3, -0.25) is 4.79 Å². The van der Waals surface area contributed by atoms with Crippen molar-refractivity contribution in [3.8, 4) is 0 Å². The summed E-state index contributed by atoms with van der Waals surface area (Å²) in [6.45, 7) is 1.67. The summed E-state index contributed by atoms with van der Waals surface area (Å²) in [6.07, 6.45) is -0.00242. The molecule has 1 amide bonds. The van der Waals surface area contributed by atoms with Gasteiger partial charge in [0, 0.05) is 7.11 Å². The van der Waals surface area contributed by atoms with Gasteiger partial charge in [0.1, 0.15) is 0 Å². The van der Waals surface area contributed by atoms with Gasteiger partial charge >= 0.3 is 5.97 Å². The predicted molar refractivity (Wildman–Crippen MR) is 67.4 cm³/mol. The minimum absolute atomic E-state index is 0.148. The number of ether oxygens (including phenoxy) is 2. The summed E-state index contributed by atoms with van der Waals surface area (Å²) in [5.74, 6) is -0.954. The van der Waals surface area contributed by atoms with E-state index < -0.39 is 17.5 Å². The second-order valence-corrected chi connectivity index (χ2v) is 4.71. The van der Waals surface area contributed by atoms with E-state index in [1.165, 1.54) is 7.11 Å². The molecule has 1 aliphatic rings. The summed E-state index contributed by atoms with van der Waals surface area (Å²) in [5.41, 5.74) is -0.587. The molecule has 0 aromatic carbocycles. The van der Waals surface area contributed by atoms with Crippen LogP contribution in [0.4, 0.5) is 0 Å². The van der Waals surface area contributed by atoms with Gasteiger partial charge in [-0.15, -0.1) is 0 Å². The number of aliphatic hydroxyl groups excluding tert-OH is 1. The van der Waals surface area contributed by atoms with E-state index in [2.05, 4.69) is 15.4 Å². The fraction of sp³-hybridized carbons (Fsp3) is 0.833. The molecule has 110 valence electrons. The molecule has 1 saturated heterocycles. The van der Waals surface area contributed by atoms with Gasteiger partial charge in [0.15, 0.2) is 6.10 Å². The van der Waals surface area contributed by atoms with Gasteiger partial charge in [0.2, 0.25) is 5.91 Å². The van der Waals surface area contributed by atoms with E-state index in [-0.39, 0.29) is 12.5 Å². The number of aliphatic hydroxyl groups is 1. The van der Waals surface area contributed by atoms with Crippen LogP contribution in [0.3, 0.4) is 0 Å². The van der Waals surface area contributed by atoms with Crippen molar-refractivity contribution in [2.24, 2.45) is 5.41 Å². The molecule has 0 radical (unpaired) electrons. The van der Waals surface area contributed by atoms with Crippen molar-refractivity contribution in [3.63, 3.8) is 0 Å². The maximum Gasteiger partial charge on any atom is 0.336 e. The summed E-state index contributed by atoms with van der Waals surface area (Å²) >= 11 is 0. The molecule has 7 nitrogen and oxygen atoms in total. The highest BCUT2D eigenvalue weighted by Gasteiger charge is 2.39. The molecule has 0 saturated carbocycles. The molecule has 1 fully saturated rings. The lowest BCUT2D eigenvalue weighted by Gasteiger charge is -2.35. The number of rotatable bonds is 6. The Morgan fingerprint density at radius 1 is 1.37 bits per heavy atom. The van der Waals surface area contributed by atoms with Crippen LogP contribution < -0.4 is 10.6 Å². The largest absolute Gasteiger partial charge is 0.467 e. The molecular weight excluding hydrogens is 252 g/mol. The minimum atomic E-state index is -1.34. The number of piperidine rings is 1. The van der Waals surface area contributed by atoms with Crippen LogP contribution in [-0.2, 0) is 19.1 Å². The fourth-order valence-corrected chi connectivity index (χ4v) is 2.21. The standard InChI is InChI=1S/C12H22N2O5/c1-18-8-12(3-5-13-6-4-12)11(17)14-7-9(15)10(16)19-2/h9,13,15H,3-8H2,1-2H3,(H,14,17). The van der Waals surface area contributed by atoms with Crippen LogP contribution in [0.25, 0.3) is 0 Å². The monoisotopic (exact) mass is 274 g/mol. The van der Waals surface area contributed by atoms with Crippen LogP contribution >= 0.6 is 0 Å². The SMILES string of the molecule is COCC1(C(=O)NCC(O)C(=O)OC)CCNCC1. The molecular formula is C12H22N2O5. The molecule has 1 rings (SSSR count). The van der Waals surface area contributed by atoms with E-state index in [0.717, 1.165) is 13.1 Å². The van der Waals surface area contributed by atoms with E-state index in [0.29, 0.717) is 19.4 Å². The normalized spacial score (nSPS) is 19.5. The van der Waals surface area contributed by atoms with Crippen molar-refractivity contribution >= 4 is 11.9 Å². The molecule has 0 aliphatic carbocycles. The Hall–Kier alpha value is -1.18. The van der Waals surface area contributed by atoms with Gasteiger partial charge in [-0.1, -0.05) is 0 Å². The summed E-state index contributed by atoms with van der Waals surface area (Å²) in [6, 6.07) is 0. The van der Waals surface area contributed by atoms with Crippen molar-refractivity contribution < 1.29 is 24.2 Å². The van der Waals surface area contributed by atoms with Gasteiger partial charge in [0.05, 0.1) is 25.7 Å². The predicted octanol–water partition coefficient (Wildman–Crippen LogP) is -1.35. The molecule has 3 N–H and O–H groups in total. The first-order valence-electron chi connectivity index (χ1n) is 6.29. The third kappa shape index (κ3) is 4.15. The number of amides is 1. The maximum absolute atomic E-state index is 12.2. The summed E-state index contributed by atoms with van der Waals surface area (Å²) in [5, 5.41) is 15.2. The van der Waals surface area contributed by atoms with Gasteiger partial charge in [0.25, 0.3) is 0 Å². The van der Waals surface area contributed by atoms with Crippen LogP contribution in [0.1, 0.15) is 12.8 Å². The molecule has 1 atom stereocenters. The Kier molecular flexibility index (Phi) is 6.20. The Morgan fingerprint density at radius 2 is 2.00 bits per heavy atom. The molecule has 0 bridgehead atoms. The number of hydrogen-bond donors (Lipinski definition) is 3. The van der Waals surface area contributed by atoms with Gasteiger partial charge < -0.3 is 25.2 Å². The van der Waals surface area contributed by atoms with Crippen LogP contribution in [0.2, 0.25) is 0 Å². The zero-order chi connectivity index (χ0) is 14.3. The van der Waals surface area contributed by atoms with Gasteiger partial charge in [-0.25, -0.2) is 4.79 Å². The van der Waals surface area contributed by atoms with Crippen molar-refractivity contribution in [1.82, 2.24) is 10.6 Å². The number of carbonyl (C=O) groups is 2. The highest BCUT2D eigenvalue weighted by Crippen LogP contribution is 2.29. The van der Waals surface area contributed by atoms with Crippen molar-refractivity contribution in [2.75, 3.05) is 40.5 Å². The molecule has 1 aliphatic heterocycles. The van der Waals surface area contributed by atoms with Crippen molar-refractivity contribution in [1.29, 1.82) is 0 Å². The molecule has 19 heavy (non-hydrogen) atoms. The maximum atomic E-state index is 12.2. The lowest BCUT2D eigenvalue weighted by Crippen LogP contribution is -2.52. The molecule has 1 heterocycles. The van der Waals surface area contributed by atoms with Crippen molar-refractivity contribution in [3.05, 3.63) is 0 Å². The van der Waals surface area contributed by atoms with Gasteiger partial charge in [-0.05, 0) is 25.9 Å². The number of nitrogens with one attached hydrogen (secondary N) is 2. The first-order valence-corrected chi connectivity index (χ1v) is 6.29. The number of esters is 1. The average Bonchev–Trinajstić information content (AvgIpc) is 2.44. The van der Waals surface area contributed by atoms with Crippen LogP contribution in [-0.4, -0.2) is 63.5 Å². The van der Waals surface area contributed by atoms with Gasteiger partial charge in [-0.2, -0.15) is 0 Å². The van der Waals surface area contributed by atoms with Crippen molar-refractivity contribution in [2.45, 2.75) is 18.9 Å². The van der Waals surface area contributed by atoms with E-state index >= 15 is 0 Å². The van der Waals surface area contributed by atoms with E-state index in [1.807, 2.05) is 0 Å². The topological polar surface area (TPSA) is 96.9 Å². The summed E-state index contributed by atoms with van der Waals surface area (Å²) in [7, 11) is 2.74. The van der Waals surface area contributed by atoms with E-state index in [4.69, 9.17) is 4.74 Å². The summed E-state index contributed by atoms with van der Waals surface area (Å²) in [4.78, 5) is 23.3. The zero-order valence-electron chi connectivity index (χ0n) is 11.4. The third-order valence-corrected chi connectivity index (χ3v) is 3.39.